The van der Waals surface area contributed by atoms with E-state index in [4.69, 9.17) is 4.74 Å². The number of aromatic amines is 1. The van der Waals surface area contributed by atoms with Crippen molar-refractivity contribution in [2.75, 3.05) is 32.8 Å². The molecule has 1 amide bonds. The minimum absolute atomic E-state index is 0.126. The maximum absolute atomic E-state index is 13.4. The molecule has 8 heteroatoms. The third kappa shape index (κ3) is 6.52. The van der Waals surface area contributed by atoms with Crippen LogP contribution >= 0.6 is 0 Å². The van der Waals surface area contributed by atoms with Crippen LogP contribution in [0, 0.1) is 5.41 Å². The number of amides is 1. The Morgan fingerprint density at radius 2 is 1.67 bits per heavy atom. The number of likely N-dealkylation sites (tertiary alicyclic amines) is 1. The van der Waals surface area contributed by atoms with E-state index in [1.807, 2.05) is 48.5 Å². The summed E-state index contributed by atoms with van der Waals surface area (Å²) in [5.74, 6) is -0.405. The normalized spacial score (nSPS) is 23.5. The van der Waals surface area contributed by atoms with E-state index >= 15 is 0 Å². The lowest BCUT2D eigenvalue weighted by molar-refractivity contribution is -0.165. The average Bonchev–Trinajstić information content (AvgIpc) is 3.40. The van der Waals surface area contributed by atoms with E-state index in [9.17, 15) is 19.8 Å². The van der Waals surface area contributed by atoms with Crippen molar-refractivity contribution in [2.24, 2.45) is 5.41 Å². The molecule has 3 aromatic rings. The number of ether oxygens (including phenoxy) is 1. The Bertz CT molecular complexity index is 1220. The molecule has 39 heavy (non-hydrogen) atoms. The molecule has 1 spiro atoms. The lowest BCUT2D eigenvalue weighted by Gasteiger charge is -2.40. The van der Waals surface area contributed by atoms with Gasteiger partial charge in [-0.05, 0) is 62.9 Å². The number of rotatable bonds is 3. The minimum Gasteiger partial charge on any atom is -0.462 e. The topological polar surface area (TPSA) is 106 Å². The molecule has 2 saturated heterocycles. The Balaban J connectivity index is 1.27. The van der Waals surface area contributed by atoms with Crippen LogP contribution in [0.15, 0.2) is 60.7 Å². The zero-order valence-electron chi connectivity index (χ0n) is 22.4. The summed E-state index contributed by atoms with van der Waals surface area (Å²) in [7, 11) is 0. The highest BCUT2D eigenvalue weighted by Crippen LogP contribution is 2.39. The number of nitrogens with zero attached hydrogens (tertiary/aromatic N) is 2. The molecule has 3 heterocycles. The Morgan fingerprint density at radius 1 is 0.923 bits per heavy atom. The molecule has 2 fully saturated rings. The number of aliphatic hydroxyl groups is 2. The van der Waals surface area contributed by atoms with Crippen molar-refractivity contribution >= 4 is 22.8 Å². The van der Waals surface area contributed by atoms with Crippen molar-refractivity contribution in [3.8, 4) is 0 Å². The van der Waals surface area contributed by atoms with E-state index in [2.05, 4.69) is 22.0 Å². The maximum Gasteiger partial charge on any atom is 0.312 e. The van der Waals surface area contributed by atoms with Crippen LogP contribution in [-0.2, 0) is 16.1 Å². The second-order valence-corrected chi connectivity index (χ2v) is 11.1. The van der Waals surface area contributed by atoms with Crippen LogP contribution in [0.5, 0.6) is 0 Å². The third-order valence-electron chi connectivity index (χ3n) is 8.40. The zero-order chi connectivity index (χ0) is 27.2. The molecule has 5 rings (SSSR count). The van der Waals surface area contributed by atoms with Crippen LogP contribution in [0.2, 0.25) is 0 Å². The summed E-state index contributed by atoms with van der Waals surface area (Å²) < 4.78 is 5.61. The van der Waals surface area contributed by atoms with E-state index in [1.54, 1.807) is 4.90 Å². The number of carbonyl (C=O) groups excluding carboxylic acids is 2. The molecule has 208 valence electrons. The summed E-state index contributed by atoms with van der Waals surface area (Å²) in [4.78, 5) is 34.1. The van der Waals surface area contributed by atoms with Crippen LogP contribution in [0.4, 0.5) is 0 Å². The molecule has 0 unspecified atom stereocenters. The molecule has 0 bridgehead atoms. The van der Waals surface area contributed by atoms with Gasteiger partial charge in [-0.2, -0.15) is 0 Å². The summed E-state index contributed by atoms with van der Waals surface area (Å²) in [6.45, 7) is 3.01. The second kappa shape index (κ2) is 12.3. The van der Waals surface area contributed by atoms with E-state index in [0.717, 1.165) is 43.4 Å². The number of benzene rings is 2. The van der Waals surface area contributed by atoms with Gasteiger partial charge in [0.1, 0.15) is 18.4 Å². The summed E-state index contributed by atoms with van der Waals surface area (Å²) in [6, 6.07) is 20.0. The van der Waals surface area contributed by atoms with Crippen molar-refractivity contribution in [1.29, 1.82) is 0 Å². The quantitative estimate of drug-likeness (QED) is 0.443. The summed E-state index contributed by atoms with van der Waals surface area (Å²) in [6.07, 6.45) is 1.49. The number of carbonyl (C=O) groups is 2. The molecule has 2 atom stereocenters. The summed E-state index contributed by atoms with van der Waals surface area (Å²) in [5.41, 5.74) is 2.05. The Labute approximate surface area is 229 Å². The number of aromatic nitrogens is 1. The first-order valence-corrected chi connectivity index (χ1v) is 14.1. The minimum atomic E-state index is -1.20. The molecule has 3 N–H and O–H groups in total. The van der Waals surface area contributed by atoms with Gasteiger partial charge in [-0.15, -0.1) is 0 Å². The predicted molar refractivity (Wildman–Crippen MR) is 149 cm³/mol. The highest BCUT2D eigenvalue weighted by atomic mass is 16.5. The lowest BCUT2D eigenvalue weighted by atomic mass is 9.74. The summed E-state index contributed by atoms with van der Waals surface area (Å²) in [5, 5.41) is 22.1. The van der Waals surface area contributed by atoms with Crippen LogP contribution < -0.4 is 0 Å². The van der Waals surface area contributed by atoms with E-state index in [1.165, 1.54) is 5.56 Å². The van der Waals surface area contributed by atoms with Gasteiger partial charge in [-0.25, -0.2) is 0 Å². The zero-order valence-corrected chi connectivity index (χ0v) is 22.4. The number of hydrogen-bond donors (Lipinski definition) is 3. The number of hydrogen-bond acceptors (Lipinski definition) is 6. The maximum atomic E-state index is 13.4. The van der Waals surface area contributed by atoms with Gasteiger partial charge < -0.3 is 24.8 Å². The average molecular weight is 534 g/mol. The van der Waals surface area contributed by atoms with Gasteiger partial charge in [-0.1, -0.05) is 55.0 Å². The Kier molecular flexibility index (Phi) is 8.65. The van der Waals surface area contributed by atoms with Gasteiger partial charge >= 0.3 is 5.97 Å². The fraction of sp³-hybridized carbons (Fsp3) is 0.484. The molecular weight excluding hydrogens is 494 g/mol. The monoisotopic (exact) mass is 533 g/mol. The van der Waals surface area contributed by atoms with Crippen LogP contribution in [0.1, 0.15) is 54.6 Å². The number of nitrogens with one attached hydrogen (secondary N) is 1. The Morgan fingerprint density at radius 3 is 2.44 bits per heavy atom. The van der Waals surface area contributed by atoms with Gasteiger partial charge in [-0.3, -0.25) is 14.5 Å². The molecule has 8 nitrogen and oxygen atoms in total. The Hall–Kier alpha value is -3.20. The van der Waals surface area contributed by atoms with Crippen molar-refractivity contribution in [3.63, 3.8) is 0 Å². The van der Waals surface area contributed by atoms with Crippen molar-refractivity contribution in [2.45, 2.75) is 57.3 Å². The molecular formula is C31H39N3O5. The predicted octanol–water partition coefficient (Wildman–Crippen LogP) is 3.73. The van der Waals surface area contributed by atoms with Gasteiger partial charge in [0.25, 0.3) is 5.91 Å². The molecule has 2 aliphatic heterocycles. The van der Waals surface area contributed by atoms with Crippen molar-refractivity contribution < 1.29 is 24.5 Å². The molecule has 1 aromatic heterocycles. The van der Waals surface area contributed by atoms with Gasteiger partial charge in [0.15, 0.2) is 0 Å². The van der Waals surface area contributed by atoms with Crippen molar-refractivity contribution in [3.05, 3.63) is 71.9 Å². The highest BCUT2D eigenvalue weighted by molar-refractivity contribution is 5.98. The number of aliphatic hydroxyl groups excluding tert-OH is 2. The summed E-state index contributed by atoms with van der Waals surface area (Å²) >= 11 is 0. The molecule has 0 aliphatic carbocycles. The smallest absolute Gasteiger partial charge is 0.312 e. The fourth-order valence-corrected chi connectivity index (χ4v) is 5.88. The van der Waals surface area contributed by atoms with Crippen LogP contribution in [0.25, 0.3) is 10.9 Å². The number of fused-ring (bicyclic) bond motifs is 1. The SMILES string of the molecule is O=C(c1cc2ccccc2[nH]1)N1CCCCC2(CCN(Cc3ccccc3)CC2)C(=O)OC[C@@H](O)[C@@H](O)CC1. The van der Waals surface area contributed by atoms with Gasteiger partial charge in [0.05, 0.1) is 11.5 Å². The van der Waals surface area contributed by atoms with E-state index in [-0.39, 0.29) is 24.9 Å². The van der Waals surface area contributed by atoms with Gasteiger partial charge in [0, 0.05) is 30.5 Å². The number of para-hydroxylation sites is 1. The molecule has 2 aliphatic rings. The molecule has 0 saturated carbocycles. The first-order valence-electron chi connectivity index (χ1n) is 14.1. The number of esters is 1. The number of cyclic esters (lactones) is 1. The largest absolute Gasteiger partial charge is 0.462 e. The van der Waals surface area contributed by atoms with Gasteiger partial charge in [0.2, 0.25) is 0 Å². The first kappa shape index (κ1) is 27.4. The first-order chi connectivity index (χ1) is 18.9. The van der Waals surface area contributed by atoms with Crippen LogP contribution in [0.3, 0.4) is 0 Å². The lowest BCUT2D eigenvalue weighted by Crippen LogP contribution is -2.45. The van der Waals surface area contributed by atoms with E-state index < -0.39 is 17.6 Å². The molecule has 2 aromatic carbocycles. The van der Waals surface area contributed by atoms with Crippen LogP contribution in [-0.4, -0.2) is 81.9 Å². The standard InChI is InChI=1S/C31H39N3O5/c35-27-12-17-34(29(37)26-20-24-10-4-5-11-25(24)32-26)16-7-6-13-31(30(38)39-22-28(27)36)14-18-33(19-15-31)21-23-8-2-1-3-9-23/h1-5,8-11,20,27-28,32,35-36H,6-7,12-19,21-22H2/t27-,28+/m0/s1. The third-order valence-corrected chi connectivity index (χ3v) is 8.40. The number of piperidine rings is 1. The highest BCUT2D eigenvalue weighted by Gasteiger charge is 2.42. The fourth-order valence-electron chi connectivity index (χ4n) is 5.88. The molecule has 0 radical (unpaired) electrons. The van der Waals surface area contributed by atoms with E-state index in [0.29, 0.717) is 38.0 Å². The number of H-pyrrole nitrogens is 1. The van der Waals surface area contributed by atoms with Crippen molar-refractivity contribution in [1.82, 2.24) is 14.8 Å². The second-order valence-electron chi connectivity index (χ2n) is 11.1.